The summed E-state index contributed by atoms with van der Waals surface area (Å²) in [4.78, 5) is 42.1. The van der Waals surface area contributed by atoms with Gasteiger partial charge in [-0.1, -0.05) is 0 Å². The maximum Gasteiger partial charge on any atom is 0.315 e. The predicted molar refractivity (Wildman–Crippen MR) is 100 cm³/mol. The van der Waals surface area contributed by atoms with Crippen LogP contribution in [-0.4, -0.2) is 79.9 Å². The number of likely N-dealkylation sites (N-methyl/N-ethyl adjacent to an activating group) is 1. The SMILES string of the molecule is CN1CCN(C(=O)[C@@]2(C)[C@@H]3CC[C@@H](O3)[C@H]2C(=O)OCOC(=O)C(C)(C)C)CC1. The van der Waals surface area contributed by atoms with E-state index in [2.05, 4.69) is 4.90 Å². The van der Waals surface area contributed by atoms with Crippen LogP contribution in [0.2, 0.25) is 0 Å². The minimum Gasteiger partial charge on any atom is -0.428 e. The lowest BCUT2D eigenvalue weighted by atomic mass is 9.66. The molecule has 0 aromatic rings. The van der Waals surface area contributed by atoms with Crippen LogP contribution in [0.15, 0.2) is 0 Å². The van der Waals surface area contributed by atoms with Crippen LogP contribution in [0, 0.1) is 16.7 Å². The van der Waals surface area contributed by atoms with Gasteiger partial charge in [-0.3, -0.25) is 14.4 Å². The summed E-state index contributed by atoms with van der Waals surface area (Å²) in [6, 6.07) is 0. The molecule has 0 spiro atoms. The van der Waals surface area contributed by atoms with E-state index < -0.39 is 35.5 Å². The second-order valence-electron chi connectivity index (χ2n) is 9.36. The Morgan fingerprint density at radius 3 is 2.32 bits per heavy atom. The van der Waals surface area contributed by atoms with Gasteiger partial charge in [0.2, 0.25) is 12.7 Å². The zero-order valence-corrected chi connectivity index (χ0v) is 17.5. The first kappa shape index (κ1) is 21.0. The molecule has 8 heteroatoms. The van der Waals surface area contributed by atoms with E-state index in [1.54, 1.807) is 20.8 Å². The average molecular weight is 396 g/mol. The molecule has 3 fully saturated rings. The van der Waals surface area contributed by atoms with Crippen molar-refractivity contribution in [2.75, 3.05) is 40.0 Å². The van der Waals surface area contributed by atoms with E-state index in [9.17, 15) is 14.4 Å². The fourth-order valence-corrected chi connectivity index (χ4v) is 4.40. The van der Waals surface area contributed by atoms with E-state index in [1.807, 2.05) is 18.9 Å². The summed E-state index contributed by atoms with van der Waals surface area (Å²) in [6.07, 6.45) is 0.901. The maximum atomic E-state index is 13.4. The number of amides is 1. The molecule has 1 amide bonds. The summed E-state index contributed by atoms with van der Waals surface area (Å²) < 4.78 is 16.3. The van der Waals surface area contributed by atoms with Crippen LogP contribution in [0.25, 0.3) is 0 Å². The highest BCUT2D eigenvalue weighted by atomic mass is 16.7. The maximum absolute atomic E-state index is 13.4. The van der Waals surface area contributed by atoms with Crippen LogP contribution < -0.4 is 0 Å². The van der Waals surface area contributed by atoms with Gasteiger partial charge in [-0.05, 0) is 47.6 Å². The van der Waals surface area contributed by atoms with Crippen LogP contribution in [0.1, 0.15) is 40.5 Å². The molecule has 3 saturated heterocycles. The number of carbonyl (C=O) groups excluding carboxylic acids is 3. The number of nitrogens with zero attached hydrogens (tertiary/aromatic N) is 2. The number of hydrogen-bond donors (Lipinski definition) is 0. The third kappa shape index (κ3) is 3.76. The summed E-state index contributed by atoms with van der Waals surface area (Å²) >= 11 is 0. The van der Waals surface area contributed by atoms with Gasteiger partial charge in [0.05, 0.1) is 29.0 Å². The monoisotopic (exact) mass is 396 g/mol. The lowest BCUT2D eigenvalue weighted by Crippen LogP contribution is -2.57. The van der Waals surface area contributed by atoms with Crippen molar-refractivity contribution in [3.63, 3.8) is 0 Å². The minimum absolute atomic E-state index is 0.0403. The van der Waals surface area contributed by atoms with Gasteiger partial charge in [0, 0.05) is 26.2 Å². The number of carbonyl (C=O) groups is 3. The highest BCUT2D eigenvalue weighted by molar-refractivity contribution is 5.90. The van der Waals surface area contributed by atoms with Crippen LogP contribution >= 0.6 is 0 Å². The molecule has 4 atom stereocenters. The first-order valence-electron chi connectivity index (χ1n) is 10.0. The molecule has 3 rings (SSSR count). The van der Waals surface area contributed by atoms with Gasteiger partial charge in [-0.15, -0.1) is 0 Å². The van der Waals surface area contributed by atoms with E-state index in [1.165, 1.54) is 0 Å². The zero-order valence-electron chi connectivity index (χ0n) is 17.5. The van der Waals surface area contributed by atoms with Crippen LogP contribution in [-0.2, 0) is 28.6 Å². The first-order valence-corrected chi connectivity index (χ1v) is 10.0. The molecule has 0 aliphatic carbocycles. The quantitative estimate of drug-likeness (QED) is 0.518. The number of hydrogen-bond acceptors (Lipinski definition) is 7. The molecule has 158 valence electrons. The molecule has 0 saturated carbocycles. The summed E-state index contributed by atoms with van der Waals surface area (Å²) in [5, 5.41) is 0. The van der Waals surface area contributed by atoms with Gasteiger partial charge < -0.3 is 24.0 Å². The fraction of sp³-hybridized carbons (Fsp3) is 0.850. The van der Waals surface area contributed by atoms with Crippen LogP contribution in [0.5, 0.6) is 0 Å². The Bertz CT molecular complexity index is 637. The van der Waals surface area contributed by atoms with Gasteiger partial charge in [0.25, 0.3) is 0 Å². The Morgan fingerprint density at radius 2 is 1.71 bits per heavy atom. The van der Waals surface area contributed by atoms with E-state index in [0.29, 0.717) is 13.1 Å². The lowest BCUT2D eigenvalue weighted by Gasteiger charge is -2.41. The molecular formula is C20H32N2O6. The van der Waals surface area contributed by atoms with Crippen molar-refractivity contribution in [1.82, 2.24) is 9.80 Å². The van der Waals surface area contributed by atoms with Crippen molar-refractivity contribution in [2.24, 2.45) is 16.7 Å². The smallest absolute Gasteiger partial charge is 0.315 e. The number of fused-ring (bicyclic) bond motifs is 2. The largest absolute Gasteiger partial charge is 0.428 e. The highest BCUT2D eigenvalue weighted by Gasteiger charge is 2.65. The second-order valence-corrected chi connectivity index (χ2v) is 9.36. The van der Waals surface area contributed by atoms with Crippen LogP contribution in [0.3, 0.4) is 0 Å². The molecule has 8 nitrogen and oxygen atoms in total. The van der Waals surface area contributed by atoms with Crippen molar-refractivity contribution in [3.05, 3.63) is 0 Å². The minimum atomic E-state index is -0.941. The molecule has 28 heavy (non-hydrogen) atoms. The van der Waals surface area contributed by atoms with E-state index in [4.69, 9.17) is 14.2 Å². The Labute approximate surface area is 166 Å². The molecular weight excluding hydrogens is 364 g/mol. The number of piperazine rings is 1. The van der Waals surface area contributed by atoms with Gasteiger partial charge in [-0.25, -0.2) is 0 Å². The van der Waals surface area contributed by atoms with Crippen molar-refractivity contribution in [3.8, 4) is 0 Å². The summed E-state index contributed by atoms with van der Waals surface area (Å²) in [7, 11) is 2.03. The van der Waals surface area contributed by atoms with E-state index in [0.717, 1.165) is 25.9 Å². The van der Waals surface area contributed by atoms with Gasteiger partial charge in [0.1, 0.15) is 0 Å². The Kier molecular flexibility index (Phi) is 5.74. The molecule has 0 unspecified atom stereocenters. The van der Waals surface area contributed by atoms with Crippen molar-refractivity contribution in [1.29, 1.82) is 0 Å². The average Bonchev–Trinajstić information content (AvgIpc) is 3.21. The Morgan fingerprint density at radius 1 is 1.07 bits per heavy atom. The fourth-order valence-electron chi connectivity index (χ4n) is 4.40. The number of rotatable bonds is 4. The number of esters is 2. The molecule has 0 N–H and O–H groups in total. The van der Waals surface area contributed by atoms with E-state index >= 15 is 0 Å². The van der Waals surface area contributed by atoms with Crippen LogP contribution in [0.4, 0.5) is 0 Å². The predicted octanol–water partition coefficient (Wildman–Crippen LogP) is 1.03. The lowest BCUT2D eigenvalue weighted by molar-refractivity contribution is -0.180. The van der Waals surface area contributed by atoms with Gasteiger partial charge in [-0.2, -0.15) is 0 Å². The normalized spacial score (nSPS) is 33.0. The van der Waals surface area contributed by atoms with E-state index in [-0.39, 0.29) is 18.1 Å². The first-order chi connectivity index (χ1) is 13.0. The number of ether oxygens (including phenoxy) is 3. The third-order valence-electron chi connectivity index (χ3n) is 6.25. The summed E-state index contributed by atoms with van der Waals surface area (Å²) in [5.41, 5.74) is -1.61. The molecule has 3 aliphatic heterocycles. The second kappa shape index (κ2) is 7.63. The molecule has 3 heterocycles. The molecule has 3 aliphatic rings. The standard InChI is InChI=1S/C20H32N2O6/c1-19(2,3)18(25)27-12-26-16(23)15-13-6-7-14(28-13)20(15,4)17(24)22-10-8-21(5)9-11-22/h13-15H,6-12H2,1-5H3/t13-,14+,15+,20+/m1/s1. The Hall–Kier alpha value is -1.67. The third-order valence-corrected chi connectivity index (χ3v) is 6.25. The van der Waals surface area contributed by atoms with Crippen molar-refractivity contribution >= 4 is 17.8 Å². The summed E-state index contributed by atoms with van der Waals surface area (Å²) in [5.74, 6) is -1.69. The van der Waals surface area contributed by atoms with Gasteiger partial charge in [0.15, 0.2) is 0 Å². The molecule has 0 aromatic carbocycles. The molecule has 0 radical (unpaired) electrons. The molecule has 0 aromatic heterocycles. The highest BCUT2D eigenvalue weighted by Crippen LogP contribution is 2.53. The van der Waals surface area contributed by atoms with Crippen molar-refractivity contribution < 1.29 is 28.6 Å². The van der Waals surface area contributed by atoms with Gasteiger partial charge >= 0.3 is 11.9 Å². The van der Waals surface area contributed by atoms with Crippen molar-refractivity contribution in [2.45, 2.75) is 52.7 Å². The summed E-state index contributed by atoms with van der Waals surface area (Å²) in [6.45, 7) is 9.49. The zero-order chi connectivity index (χ0) is 20.7. The molecule has 2 bridgehead atoms. The topological polar surface area (TPSA) is 85.4 Å². The Balaban J connectivity index is 1.67.